The highest BCUT2D eigenvalue weighted by Crippen LogP contribution is 2.29. The second-order valence-corrected chi connectivity index (χ2v) is 5.45. The minimum atomic E-state index is 0.329. The minimum absolute atomic E-state index is 0.329. The lowest BCUT2D eigenvalue weighted by molar-refractivity contribution is 0.220. The van der Waals surface area contributed by atoms with Gasteiger partial charge >= 0.3 is 0 Å². The predicted octanol–water partition coefficient (Wildman–Crippen LogP) is 2.50. The average Bonchev–Trinajstić information content (AvgIpc) is 3.11. The van der Waals surface area contributed by atoms with E-state index < -0.39 is 0 Å². The molecule has 1 saturated heterocycles. The van der Waals surface area contributed by atoms with E-state index in [9.17, 15) is 0 Å². The molecule has 0 unspecified atom stereocenters. The zero-order valence-corrected chi connectivity index (χ0v) is 11.3. The normalized spacial score (nSPS) is 17.4. The van der Waals surface area contributed by atoms with Crippen molar-refractivity contribution in [1.29, 1.82) is 5.26 Å². The molecule has 5 nitrogen and oxygen atoms in total. The van der Waals surface area contributed by atoms with Crippen LogP contribution in [0.25, 0.3) is 11.5 Å². The highest BCUT2D eigenvalue weighted by atomic mass is 32.1. The second-order valence-electron chi connectivity index (χ2n) is 4.67. The Morgan fingerprint density at radius 1 is 1.42 bits per heavy atom. The Morgan fingerprint density at radius 2 is 2.26 bits per heavy atom. The molecular weight excluding hydrogens is 260 g/mol. The summed E-state index contributed by atoms with van der Waals surface area (Å²) >= 11 is 1.62. The van der Waals surface area contributed by atoms with E-state index in [-0.39, 0.29) is 0 Å². The lowest BCUT2D eigenvalue weighted by Crippen LogP contribution is -2.33. The zero-order chi connectivity index (χ0) is 13.1. The smallest absolute Gasteiger partial charge is 0.248 e. The van der Waals surface area contributed by atoms with Crippen molar-refractivity contribution in [3.8, 4) is 17.5 Å². The summed E-state index contributed by atoms with van der Waals surface area (Å²) in [6.07, 6.45) is 1.96. The molecule has 0 spiro atoms. The second kappa shape index (κ2) is 5.51. The first-order valence-electron chi connectivity index (χ1n) is 6.32. The third-order valence-corrected chi connectivity index (χ3v) is 4.12. The predicted molar refractivity (Wildman–Crippen MR) is 71.6 cm³/mol. The van der Waals surface area contributed by atoms with E-state index in [1.54, 1.807) is 11.3 Å². The van der Waals surface area contributed by atoms with Crippen LogP contribution in [0.15, 0.2) is 21.2 Å². The summed E-state index contributed by atoms with van der Waals surface area (Å²) in [7, 11) is 0. The Hall–Kier alpha value is -1.71. The van der Waals surface area contributed by atoms with Crippen LogP contribution in [0.1, 0.15) is 24.7 Å². The van der Waals surface area contributed by atoms with Gasteiger partial charge in [-0.25, -0.2) is 0 Å². The van der Waals surface area contributed by atoms with Crippen molar-refractivity contribution < 1.29 is 4.42 Å². The van der Waals surface area contributed by atoms with Gasteiger partial charge in [0.05, 0.1) is 12.6 Å². The van der Waals surface area contributed by atoms with Gasteiger partial charge in [0, 0.05) is 16.9 Å². The summed E-state index contributed by atoms with van der Waals surface area (Å²) in [5.74, 6) is 1.67. The number of likely N-dealkylation sites (tertiary alicyclic amines) is 1. The fourth-order valence-corrected chi connectivity index (χ4v) is 2.97. The van der Waals surface area contributed by atoms with Gasteiger partial charge in [0.25, 0.3) is 0 Å². The van der Waals surface area contributed by atoms with Crippen LogP contribution in [0.3, 0.4) is 0 Å². The van der Waals surface area contributed by atoms with Gasteiger partial charge in [-0.05, 0) is 37.4 Å². The molecule has 0 aromatic carbocycles. The molecule has 0 bridgehead atoms. The van der Waals surface area contributed by atoms with Gasteiger partial charge in [-0.2, -0.15) is 16.6 Å². The highest BCUT2D eigenvalue weighted by molar-refractivity contribution is 7.08. The Bertz CT molecular complexity index is 564. The quantitative estimate of drug-likeness (QED) is 0.804. The van der Waals surface area contributed by atoms with Crippen LogP contribution in [-0.2, 0) is 0 Å². The van der Waals surface area contributed by atoms with Crippen molar-refractivity contribution in [3.05, 3.63) is 22.7 Å². The number of hydrogen-bond donors (Lipinski definition) is 0. The molecule has 98 valence electrons. The molecule has 1 aliphatic rings. The number of thiophene rings is 1. The summed E-state index contributed by atoms with van der Waals surface area (Å²) in [5.41, 5.74) is 0.991. The van der Waals surface area contributed by atoms with Crippen molar-refractivity contribution in [3.63, 3.8) is 0 Å². The molecule has 19 heavy (non-hydrogen) atoms. The topological polar surface area (TPSA) is 66.0 Å². The van der Waals surface area contributed by atoms with E-state index in [4.69, 9.17) is 9.68 Å². The monoisotopic (exact) mass is 274 g/mol. The van der Waals surface area contributed by atoms with Gasteiger partial charge in [0.15, 0.2) is 0 Å². The maximum absolute atomic E-state index is 8.68. The maximum atomic E-state index is 8.68. The van der Waals surface area contributed by atoms with Crippen LogP contribution in [-0.4, -0.2) is 34.7 Å². The molecule has 6 heteroatoms. The molecule has 3 rings (SSSR count). The fraction of sp³-hybridized carbons (Fsp3) is 0.462. The molecule has 2 aromatic heterocycles. The summed E-state index contributed by atoms with van der Waals surface area (Å²) in [6.45, 7) is 2.36. The van der Waals surface area contributed by atoms with Crippen LogP contribution >= 0.6 is 11.3 Å². The van der Waals surface area contributed by atoms with E-state index in [1.165, 1.54) is 0 Å². The van der Waals surface area contributed by atoms with Gasteiger partial charge in [-0.15, -0.1) is 10.2 Å². The minimum Gasteiger partial charge on any atom is -0.420 e. The first-order chi connectivity index (χ1) is 9.36. The Morgan fingerprint density at radius 3 is 2.95 bits per heavy atom. The first-order valence-corrected chi connectivity index (χ1v) is 7.26. The Balaban J connectivity index is 1.66. The fourth-order valence-electron chi connectivity index (χ4n) is 2.34. The largest absolute Gasteiger partial charge is 0.420 e. The lowest BCUT2D eigenvalue weighted by atomic mass is 9.97. The van der Waals surface area contributed by atoms with Crippen molar-refractivity contribution in [2.45, 2.75) is 18.8 Å². The van der Waals surface area contributed by atoms with Crippen LogP contribution in [0.5, 0.6) is 0 Å². The highest BCUT2D eigenvalue weighted by Gasteiger charge is 2.25. The van der Waals surface area contributed by atoms with Gasteiger partial charge < -0.3 is 4.42 Å². The van der Waals surface area contributed by atoms with Crippen LogP contribution in [0.2, 0.25) is 0 Å². The van der Waals surface area contributed by atoms with E-state index in [1.807, 2.05) is 16.8 Å². The number of hydrogen-bond acceptors (Lipinski definition) is 6. The summed E-state index contributed by atoms with van der Waals surface area (Å²) in [6, 6.07) is 4.17. The van der Waals surface area contributed by atoms with Crippen molar-refractivity contribution in [2.75, 3.05) is 19.6 Å². The first kappa shape index (κ1) is 12.3. The number of aromatic nitrogens is 2. The SMILES string of the molecule is N#CCN1CCC(c2nnc(-c3ccsc3)o2)CC1. The Kier molecular flexibility index (Phi) is 3.58. The molecule has 1 fully saturated rings. The molecule has 0 saturated carbocycles. The van der Waals surface area contributed by atoms with Crippen LogP contribution in [0, 0.1) is 11.3 Å². The maximum Gasteiger partial charge on any atom is 0.248 e. The van der Waals surface area contributed by atoms with Gasteiger partial charge in [-0.1, -0.05) is 0 Å². The molecule has 3 heterocycles. The van der Waals surface area contributed by atoms with E-state index in [0.717, 1.165) is 37.4 Å². The number of piperidine rings is 1. The van der Waals surface area contributed by atoms with Gasteiger partial charge in [0.1, 0.15) is 0 Å². The Labute approximate surface area is 115 Å². The molecule has 0 atom stereocenters. The zero-order valence-electron chi connectivity index (χ0n) is 10.5. The average molecular weight is 274 g/mol. The molecule has 0 amide bonds. The molecule has 2 aromatic rings. The summed E-state index contributed by atoms with van der Waals surface area (Å²) in [5, 5.41) is 21.0. The summed E-state index contributed by atoms with van der Waals surface area (Å²) in [4.78, 5) is 2.16. The summed E-state index contributed by atoms with van der Waals surface area (Å²) < 4.78 is 5.76. The number of nitriles is 1. The van der Waals surface area contributed by atoms with Gasteiger partial charge in [-0.3, -0.25) is 4.90 Å². The molecular formula is C13H14N4OS. The van der Waals surface area contributed by atoms with Gasteiger partial charge in [0.2, 0.25) is 11.8 Å². The molecule has 0 radical (unpaired) electrons. The standard InChI is InChI=1S/C13H14N4OS/c14-4-7-17-5-1-10(2-6-17)12-15-16-13(18-12)11-3-8-19-9-11/h3,8-10H,1-2,5-7H2. The van der Waals surface area contributed by atoms with E-state index in [0.29, 0.717) is 18.4 Å². The van der Waals surface area contributed by atoms with Crippen LogP contribution < -0.4 is 0 Å². The molecule has 0 N–H and O–H groups in total. The van der Waals surface area contributed by atoms with Crippen molar-refractivity contribution in [1.82, 2.24) is 15.1 Å². The van der Waals surface area contributed by atoms with Crippen LogP contribution in [0.4, 0.5) is 0 Å². The number of rotatable bonds is 3. The molecule has 0 aliphatic carbocycles. The lowest BCUT2D eigenvalue weighted by Gasteiger charge is -2.28. The molecule has 1 aliphatic heterocycles. The van der Waals surface area contributed by atoms with E-state index >= 15 is 0 Å². The third kappa shape index (κ3) is 2.67. The van der Waals surface area contributed by atoms with E-state index in [2.05, 4.69) is 21.2 Å². The van der Waals surface area contributed by atoms with Crippen molar-refractivity contribution in [2.24, 2.45) is 0 Å². The van der Waals surface area contributed by atoms with Crippen molar-refractivity contribution >= 4 is 11.3 Å². The number of nitrogens with zero attached hydrogens (tertiary/aromatic N) is 4. The third-order valence-electron chi connectivity index (χ3n) is 3.44.